The Labute approximate surface area is 213 Å². The van der Waals surface area contributed by atoms with Crippen molar-refractivity contribution in [2.45, 2.75) is 3.79 Å². The highest BCUT2D eigenvalue weighted by atomic mass is 35.6. The number of hydrogen-bond donors (Lipinski definition) is 2. The van der Waals surface area contributed by atoms with Crippen molar-refractivity contribution in [2.24, 2.45) is 7.05 Å². The summed E-state index contributed by atoms with van der Waals surface area (Å²) in [7, 11) is 5.70. The van der Waals surface area contributed by atoms with E-state index in [1.165, 1.54) is 22.7 Å². The van der Waals surface area contributed by atoms with E-state index in [1.807, 2.05) is 48.6 Å². The molecule has 33 heavy (non-hydrogen) atoms. The second kappa shape index (κ2) is 9.15. The first-order valence-corrected chi connectivity index (χ1v) is 12.4. The van der Waals surface area contributed by atoms with E-state index in [4.69, 9.17) is 45.5 Å². The molecule has 4 rings (SSSR count). The summed E-state index contributed by atoms with van der Waals surface area (Å²) in [6.45, 7) is 0. The molecule has 0 saturated carbocycles. The summed E-state index contributed by atoms with van der Waals surface area (Å²) < 4.78 is -0.410. The predicted octanol–water partition coefficient (Wildman–Crippen LogP) is 6.22. The number of Topliss-reactive ketones (excluding diaryl/α,β-unsaturated/α-hetero) is 1. The fourth-order valence-electron chi connectivity index (χ4n) is 3.09. The summed E-state index contributed by atoms with van der Waals surface area (Å²) in [6, 6.07) is 9.67. The number of rotatable bonds is 6. The van der Waals surface area contributed by atoms with Crippen LogP contribution >= 0.6 is 57.5 Å². The number of hydrogen-bond acceptors (Lipinski definition) is 8. The number of anilines is 4. The molecule has 172 valence electrons. The van der Waals surface area contributed by atoms with Gasteiger partial charge in [0.1, 0.15) is 15.7 Å². The average molecular weight is 542 g/mol. The molecule has 0 radical (unpaired) electrons. The van der Waals surface area contributed by atoms with Crippen molar-refractivity contribution in [3.05, 3.63) is 47.6 Å². The van der Waals surface area contributed by atoms with Crippen LogP contribution in [0.5, 0.6) is 0 Å². The number of aromatic nitrogens is 3. The molecule has 0 fully saturated rings. The predicted molar refractivity (Wildman–Crippen MR) is 141 cm³/mol. The fourth-order valence-corrected chi connectivity index (χ4v) is 5.22. The standard InChI is InChI=1S/C21H19Cl3N6OS2/c1-29(2)13-6-4-12(5-7-13)26-20-28-18(25)16(33-20)19-27-14(10-32-19)11-8-15(30(3)9-11)17(31)21(22,23)24/h4-10H,25H2,1-3H3,(H,26,28). The molecule has 0 bridgehead atoms. The van der Waals surface area contributed by atoms with Gasteiger partial charge < -0.3 is 20.5 Å². The summed E-state index contributed by atoms with van der Waals surface area (Å²) in [5.41, 5.74) is 9.91. The molecule has 0 amide bonds. The zero-order valence-electron chi connectivity index (χ0n) is 17.8. The number of alkyl halides is 3. The van der Waals surface area contributed by atoms with Gasteiger partial charge in [0.2, 0.25) is 5.78 Å². The number of aryl methyl sites for hydroxylation is 1. The van der Waals surface area contributed by atoms with Gasteiger partial charge in [0.25, 0.3) is 3.79 Å². The molecule has 1 aromatic carbocycles. The van der Waals surface area contributed by atoms with Gasteiger partial charge in [-0.3, -0.25) is 4.79 Å². The monoisotopic (exact) mass is 540 g/mol. The summed E-state index contributed by atoms with van der Waals surface area (Å²) in [5.74, 6) is -0.203. The first-order valence-electron chi connectivity index (χ1n) is 9.58. The molecule has 12 heteroatoms. The Kier molecular flexibility index (Phi) is 6.61. The smallest absolute Gasteiger partial charge is 0.255 e. The third kappa shape index (κ3) is 5.12. The van der Waals surface area contributed by atoms with Gasteiger partial charge in [-0.25, -0.2) is 9.97 Å². The Bertz CT molecular complexity index is 1300. The molecule has 3 aromatic heterocycles. The van der Waals surface area contributed by atoms with E-state index in [-0.39, 0.29) is 5.69 Å². The molecule has 0 spiro atoms. The van der Waals surface area contributed by atoms with Gasteiger partial charge in [0, 0.05) is 49.7 Å². The van der Waals surface area contributed by atoms with Gasteiger partial charge in [0.15, 0.2) is 5.13 Å². The van der Waals surface area contributed by atoms with Crippen LogP contribution in [-0.2, 0) is 7.05 Å². The van der Waals surface area contributed by atoms with Gasteiger partial charge in [0.05, 0.1) is 11.4 Å². The molecular weight excluding hydrogens is 523 g/mol. The fraction of sp³-hybridized carbons (Fsp3) is 0.190. The van der Waals surface area contributed by atoms with Crippen LogP contribution in [0.1, 0.15) is 10.5 Å². The summed E-state index contributed by atoms with van der Waals surface area (Å²) in [5, 5.41) is 6.58. The number of benzene rings is 1. The second-order valence-corrected chi connectivity index (χ2v) is 11.5. The quantitative estimate of drug-likeness (QED) is 0.223. The van der Waals surface area contributed by atoms with E-state index in [2.05, 4.69) is 10.3 Å². The highest BCUT2D eigenvalue weighted by Gasteiger charge is 2.33. The van der Waals surface area contributed by atoms with E-state index < -0.39 is 9.58 Å². The minimum absolute atomic E-state index is 0.281. The van der Waals surface area contributed by atoms with Gasteiger partial charge in [-0.15, -0.1) is 11.3 Å². The first kappa shape index (κ1) is 23.8. The van der Waals surface area contributed by atoms with Crippen LogP contribution < -0.4 is 16.0 Å². The second-order valence-electron chi connectivity index (χ2n) is 7.39. The number of nitrogens with two attached hydrogens (primary N) is 1. The molecule has 0 aliphatic heterocycles. The maximum atomic E-state index is 12.3. The van der Waals surface area contributed by atoms with Gasteiger partial charge >= 0.3 is 0 Å². The van der Waals surface area contributed by atoms with Crippen LogP contribution in [-0.4, -0.2) is 38.2 Å². The van der Waals surface area contributed by atoms with Crippen LogP contribution in [0.2, 0.25) is 0 Å². The van der Waals surface area contributed by atoms with Gasteiger partial charge in [-0.1, -0.05) is 46.1 Å². The van der Waals surface area contributed by atoms with Crippen molar-refractivity contribution in [1.82, 2.24) is 14.5 Å². The topological polar surface area (TPSA) is 89.1 Å². The van der Waals surface area contributed by atoms with Crippen LogP contribution in [0.3, 0.4) is 0 Å². The first-order chi connectivity index (χ1) is 15.5. The number of halogens is 3. The van der Waals surface area contributed by atoms with Crippen LogP contribution in [0.25, 0.3) is 21.1 Å². The largest absolute Gasteiger partial charge is 0.382 e. The molecule has 0 aliphatic carbocycles. The molecule has 0 unspecified atom stereocenters. The lowest BCUT2D eigenvalue weighted by Gasteiger charge is -2.12. The third-order valence-corrected chi connectivity index (χ3v) is 7.27. The van der Waals surface area contributed by atoms with Gasteiger partial charge in [-0.2, -0.15) is 0 Å². The highest BCUT2D eigenvalue weighted by Crippen LogP contribution is 2.40. The van der Waals surface area contributed by atoms with Crippen molar-refractivity contribution in [3.8, 4) is 21.1 Å². The Hall–Kier alpha value is -2.30. The molecule has 4 aromatic rings. The van der Waals surface area contributed by atoms with Crippen molar-refractivity contribution in [3.63, 3.8) is 0 Å². The molecule has 0 atom stereocenters. The van der Waals surface area contributed by atoms with Crippen molar-refractivity contribution in [2.75, 3.05) is 30.0 Å². The zero-order valence-corrected chi connectivity index (χ0v) is 21.7. The number of carbonyl (C=O) groups is 1. The van der Waals surface area contributed by atoms with Crippen molar-refractivity contribution in [1.29, 1.82) is 0 Å². The lowest BCUT2D eigenvalue weighted by molar-refractivity contribution is 0.0988. The Morgan fingerprint density at radius 3 is 2.52 bits per heavy atom. The normalized spacial score (nSPS) is 11.6. The molecular formula is C21H19Cl3N6OS2. The maximum absolute atomic E-state index is 12.3. The van der Waals surface area contributed by atoms with E-state index in [1.54, 1.807) is 23.9 Å². The van der Waals surface area contributed by atoms with Crippen molar-refractivity contribution >= 4 is 85.6 Å². The third-order valence-electron chi connectivity index (χ3n) is 4.78. The average Bonchev–Trinajstić information content (AvgIpc) is 3.45. The van der Waals surface area contributed by atoms with Crippen LogP contribution in [0.15, 0.2) is 41.9 Å². The molecule has 3 N–H and O–H groups in total. The number of ketones is 1. The minimum atomic E-state index is -2.02. The van der Waals surface area contributed by atoms with Crippen molar-refractivity contribution < 1.29 is 4.79 Å². The van der Waals surface area contributed by atoms with E-state index >= 15 is 0 Å². The van der Waals surface area contributed by atoms with E-state index in [0.717, 1.165) is 26.8 Å². The van der Waals surface area contributed by atoms with E-state index in [0.29, 0.717) is 16.6 Å². The lowest BCUT2D eigenvalue weighted by atomic mass is 10.2. The maximum Gasteiger partial charge on any atom is 0.255 e. The molecule has 0 aliphatic rings. The number of nitrogens with one attached hydrogen (secondary N) is 1. The number of carbonyl (C=O) groups excluding carboxylic acids is 1. The highest BCUT2D eigenvalue weighted by molar-refractivity contribution is 7.23. The lowest BCUT2D eigenvalue weighted by Crippen LogP contribution is -2.21. The number of thiazole rings is 2. The SMILES string of the molecule is CN(C)c1ccc(Nc2nc(N)c(-c3nc(-c4cc(C(=O)C(Cl)(Cl)Cl)n(C)c4)cs3)s2)cc1. The minimum Gasteiger partial charge on any atom is -0.382 e. The molecule has 0 saturated heterocycles. The van der Waals surface area contributed by atoms with Crippen LogP contribution in [0, 0.1) is 0 Å². The Morgan fingerprint density at radius 2 is 1.88 bits per heavy atom. The number of nitrogen functional groups attached to an aromatic ring is 1. The Morgan fingerprint density at radius 1 is 1.18 bits per heavy atom. The molecule has 7 nitrogen and oxygen atoms in total. The summed E-state index contributed by atoms with van der Waals surface area (Å²) in [6.07, 6.45) is 1.77. The Balaban J connectivity index is 1.56. The summed E-state index contributed by atoms with van der Waals surface area (Å²) in [4.78, 5) is 24.3. The number of nitrogens with zero attached hydrogens (tertiary/aromatic N) is 4. The zero-order chi connectivity index (χ0) is 23.9. The van der Waals surface area contributed by atoms with E-state index in [9.17, 15) is 4.79 Å². The van der Waals surface area contributed by atoms with Gasteiger partial charge in [-0.05, 0) is 30.3 Å². The summed E-state index contributed by atoms with van der Waals surface area (Å²) >= 11 is 20.1. The van der Waals surface area contributed by atoms with Crippen LogP contribution in [0.4, 0.5) is 22.3 Å². The molecule has 3 heterocycles.